The Labute approximate surface area is 254 Å². The highest BCUT2D eigenvalue weighted by Crippen LogP contribution is 2.34. The third-order valence-corrected chi connectivity index (χ3v) is 7.08. The van der Waals surface area contributed by atoms with Crippen LogP contribution in [0.5, 0.6) is 11.5 Å². The van der Waals surface area contributed by atoms with Gasteiger partial charge in [-0.25, -0.2) is 4.79 Å². The Kier molecular flexibility index (Phi) is 12.0. The van der Waals surface area contributed by atoms with E-state index >= 15 is 0 Å². The molecule has 0 aliphatic carbocycles. The van der Waals surface area contributed by atoms with E-state index in [9.17, 15) is 9.90 Å². The van der Waals surface area contributed by atoms with Gasteiger partial charge in [0.2, 0.25) is 0 Å². The van der Waals surface area contributed by atoms with Crippen molar-refractivity contribution in [2.45, 2.75) is 39.2 Å². The van der Waals surface area contributed by atoms with Crippen molar-refractivity contribution in [3.63, 3.8) is 0 Å². The molecule has 0 aliphatic rings. The lowest BCUT2D eigenvalue weighted by atomic mass is 10.0. The Morgan fingerprint density at radius 3 is 2.33 bits per heavy atom. The van der Waals surface area contributed by atoms with E-state index in [0.29, 0.717) is 43.2 Å². The molecular weight excluding hydrogens is 540 g/mol. The number of rotatable bonds is 16. The molecule has 0 aliphatic heterocycles. The molecule has 0 unspecified atom stereocenters. The van der Waals surface area contributed by atoms with Gasteiger partial charge in [-0.05, 0) is 85.5 Å². The molecule has 0 radical (unpaired) electrons. The van der Waals surface area contributed by atoms with Crippen molar-refractivity contribution in [3.8, 4) is 22.6 Å². The number of benzene rings is 4. The van der Waals surface area contributed by atoms with Gasteiger partial charge in [0.1, 0.15) is 17.1 Å². The number of methoxy groups -OCH3 is 1. The number of esters is 1. The molecular formula is C36H42N2O5. The van der Waals surface area contributed by atoms with Gasteiger partial charge in [0, 0.05) is 23.5 Å². The summed E-state index contributed by atoms with van der Waals surface area (Å²) in [5.74, 6) is 0.858. The van der Waals surface area contributed by atoms with E-state index < -0.39 is 12.1 Å². The van der Waals surface area contributed by atoms with Gasteiger partial charge in [0.05, 0.1) is 26.4 Å². The monoisotopic (exact) mass is 582 g/mol. The van der Waals surface area contributed by atoms with Crippen LogP contribution in [0.3, 0.4) is 0 Å². The molecule has 3 N–H and O–H groups in total. The molecule has 0 saturated heterocycles. The summed E-state index contributed by atoms with van der Waals surface area (Å²) in [7, 11) is 1.34. The lowest BCUT2D eigenvalue weighted by molar-refractivity contribution is 0.0595. The van der Waals surface area contributed by atoms with Crippen LogP contribution < -0.4 is 20.1 Å². The van der Waals surface area contributed by atoms with E-state index in [1.807, 2.05) is 37.3 Å². The molecule has 0 bridgehead atoms. The van der Waals surface area contributed by atoms with Crippen molar-refractivity contribution in [1.82, 2.24) is 5.32 Å². The molecule has 43 heavy (non-hydrogen) atoms. The number of carbonyl (C=O) groups excluding carboxylic acids is 1. The number of hydrogen-bond acceptors (Lipinski definition) is 7. The fourth-order valence-corrected chi connectivity index (χ4v) is 4.72. The minimum Gasteiger partial charge on any atom is -0.493 e. The summed E-state index contributed by atoms with van der Waals surface area (Å²) in [6, 6.07) is 29.9. The first kappa shape index (κ1) is 31.6. The predicted molar refractivity (Wildman–Crippen MR) is 172 cm³/mol. The minimum absolute atomic E-state index is 0.324. The summed E-state index contributed by atoms with van der Waals surface area (Å²) in [5.41, 5.74) is 6.29. The van der Waals surface area contributed by atoms with E-state index in [1.165, 1.54) is 12.7 Å². The highest BCUT2D eigenvalue weighted by Gasteiger charge is 2.17. The van der Waals surface area contributed by atoms with Gasteiger partial charge in [0.25, 0.3) is 0 Å². The van der Waals surface area contributed by atoms with Gasteiger partial charge in [-0.1, -0.05) is 61.9 Å². The predicted octanol–water partition coefficient (Wildman–Crippen LogP) is 7.33. The lowest BCUT2D eigenvalue weighted by Gasteiger charge is -2.16. The van der Waals surface area contributed by atoms with Crippen molar-refractivity contribution in [2.24, 2.45) is 0 Å². The average Bonchev–Trinajstić information content (AvgIpc) is 3.04. The van der Waals surface area contributed by atoms with Gasteiger partial charge >= 0.3 is 5.97 Å². The molecule has 1 atom stereocenters. The molecule has 7 nitrogen and oxygen atoms in total. The Bertz CT molecular complexity index is 1440. The number of unbranched alkanes of at least 4 members (excludes halogenated alkanes) is 1. The maximum atomic E-state index is 12.3. The van der Waals surface area contributed by atoms with Crippen molar-refractivity contribution < 1.29 is 24.1 Å². The third-order valence-electron chi connectivity index (χ3n) is 7.08. The Morgan fingerprint density at radius 2 is 1.60 bits per heavy atom. The fraction of sp³-hybridized carbons (Fsp3) is 0.306. The molecule has 0 fully saturated rings. The van der Waals surface area contributed by atoms with Crippen LogP contribution in [0.1, 0.15) is 54.3 Å². The second kappa shape index (κ2) is 16.3. The minimum atomic E-state index is -0.769. The molecule has 0 saturated carbocycles. The second-order valence-electron chi connectivity index (χ2n) is 10.3. The van der Waals surface area contributed by atoms with Crippen LogP contribution in [0.25, 0.3) is 11.1 Å². The summed E-state index contributed by atoms with van der Waals surface area (Å²) in [6.07, 6.45) is 1.93. The fourth-order valence-electron chi connectivity index (χ4n) is 4.72. The molecule has 0 aromatic heterocycles. The first-order valence-corrected chi connectivity index (χ1v) is 14.9. The second-order valence-corrected chi connectivity index (χ2v) is 10.3. The number of nitrogens with one attached hydrogen (secondary N) is 2. The molecule has 4 aromatic carbocycles. The Hall–Kier alpha value is -4.33. The van der Waals surface area contributed by atoms with Gasteiger partial charge < -0.3 is 30.0 Å². The number of anilines is 2. The Morgan fingerprint density at radius 1 is 0.860 bits per heavy atom. The first-order chi connectivity index (χ1) is 21.0. The summed E-state index contributed by atoms with van der Waals surface area (Å²) < 4.78 is 16.5. The lowest BCUT2D eigenvalue weighted by Crippen LogP contribution is -2.24. The summed E-state index contributed by atoms with van der Waals surface area (Å²) in [6.45, 7) is 6.27. The summed E-state index contributed by atoms with van der Waals surface area (Å²) in [4.78, 5) is 12.3. The van der Waals surface area contributed by atoms with Crippen molar-refractivity contribution >= 4 is 17.3 Å². The maximum absolute atomic E-state index is 12.3. The van der Waals surface area contributed by atoms with Crippen LogP contribution in [-0.4, -0.2) is 44.5 Å². The van der Waals surface area contributed by atoms with E-state index in [2.05, 4.69) is 60.0 Å². The molecule has 4 aromatic rings. The van der Waals surface area contributed by atoms with E-state index in [1.54, 1.807) is 18.2 Å². The van der Waals surface area contributed by atoms with Crippen molar-refractivity contribution in [2.75, 3.05) is 38.7 Å². The standard InChI is InChI=1S/C36H42N2O5/c1-4-6-22-43-35-18-14-28(23-32(35)36(40)41-3)33(39)25-37-21-20-26-12-15-29(16-13-26)38-30-17-19-34(42-5-2)31(24-30)27-10-8-7-9-11-27/h7-19,23-24,33,37-39H,4-6,20-22,25H2,1-3H3/t33-/m0/s1. The molecule has 226 valence electrons. The van der Waals surface area contributed by atoms with Crippen LogP contribution in [0.2, 0.25) is 0 Å². The summed E-state index contributed by atoms with van der Waals surface area (Å²) >= 11 is 0. The van der Waals surface area contributed by atoms with Gasteiger partial charge in [-0.3, -0.25) is 0 Å². The zero-order chi connectivity index (χ0) is 30.4. The van der Waals surface area contributed by atoms with Gasteiger partial charge in [0.15, 0.2) is 0 Å². The number of aliphatic hydroxyl groups is 1. The average molecular weight is 583 g/mol. The molecule has 0 heterocycles. The normalized spacial score (nSPS) is 11.5. The zero-order valence-electron chi connectivity index (χ0n) is 25.3. The van der Waals surface area contributed by atoms with E-state index in [4.69, 9.17) is 14.2 Å². The van der Waals surface area contributed by atoms with E-state index in [-0.39, 0.29) is 0 Å². The van der Waals surface area contributed by atoms with E-state index in [0.717, 1.165) is 47.5 Å². The molecule has 4 rings (SSSR count). The highest BCUT2D eigenvalue weighted by molar-refractivity contribution is 5.92. The Balaban J connectivity index is 1.29. The first-order valence-electron chi connectivity index (χ1n) is 14.9. The molecule has 0 spiro atoms. The molecule has 0 amide bonds. The van der Waals surface area contributed by atoms with Crippen LogP contribution in [0, 0.1) is 0 Å². The van der Waals surface area contributed by atoms with Crippen LogP contribution >= 0.6 is 0 Å². The zero-order valence-corrected chi connectivity index (χ0v) is 25.3. The van der Waals surface area contributed by atoms with Crippen LogP contribution in [-0.2, 0) is 11.2 Å². The maximum Gasteiger partial charge on any atom is 0.341 e. The van der Waals surface area contributed by atoms with Crippen LogP contribution in [0.4, 0.5) is 11.4 Å². The van der Waals surface area contributed by atoms with Crippen LogP contribution in [0.15, 0.2) is 91.0 Å². The van der Waals surface area contributed by atoms with Gasteiger partial charge in [-0.2, -0.15) is 0 Å². The highest BCUT2D eigenvalue weighted by atomic mass is 16.5. The SMILES string of the molecule is CCCCOc1ccc([C@@H](O)CNCCc2ccc(Nc3ccc(OCC)c(-c4ccccc4)c3)cc2)cc1C(=O)OC. The largest absolute Gasteiger partial charge is 0.493 e. The number of aliphatic hydroxyl groups excluding tert-OH is 1. The van der Waals surface area contributed by atoms with Crippen molar-refractivity contribution in [3.05, 3.63) is 108 Å². The molecule has 7 heteroatoms. The number of ether oxygens (including phenoxy) is 3. The topological polar surface area (TPSA) is 89.0 Å². The quantitative estimate of drug-likeness (QED) is 0.0942. The van der Waals surface area contributed by atoms with Gasteiger partial charge in [-0.15, -0.1) is 0 Å². The summed E-state index contributed by atoms with van der Waals surface area (Å²) in [5, 5.41) is 17.6. The third kappa shape index (κ3) is 9.08. The van der Waals surface area contributed by atoms with Crippen molar-refractivity contribution in [1.29, 1.82) is 0 Å². The number of carbonyl (C=O) groups is 1. The number of hydrogen-bond donors (Lipinski definition) is 3. The smallest absolute Gasteiger partial charge is 0.341 e.